The molecule has 3 nitrogen and oxygen atoms in total. The van der Waals surface area contributed by atoms with Crippen LogP contribution in [0.1, 0.15) is 181 Å². The molecule has 1 aliphatic heterocycles. The van der Waals surface area contributed by atoms with E-state index in [0.717, 1.165) is 45.4 Å². The van der Waals surface area contributed by atoms with Crippen LogP contribution in [0.3, 0.4) is 0 Å². The fourth-order valence-corrected chi connectivity index (χ4v) is 5.80. The fraction of sp³-hybridized carbons (Fsp3) is 0.805. The summed E-state index contributed by atoms with van der Waals surface area (Å²) < 4.78 is 12.5. The highest BCUT2D eigenvalue weighted by molar-refractivity contribution is 4.93. The molecule has 1 heterocycles. The highest BCUT2D eigenvalue weighted by atomic mass is 16.7. The van der Waals surface area contributed by atoms with Crippen LogP contribution in [0.2, 0.25) is 0 Å². The van der Waals surface area contributed by atoms with Gasteiger partial charge in [0, 0.05) is 13.2 Å². The second-order valence-corrected chi connectivity index (χ2v) is 13.0. The van der Waals surface area contributed by atoms with Crippen molar-refractivity contribution in [3.05, 3.63) is 48.6 Å². The molecule has 44 heavy (non-hydrogen) atoms. The van der Waals surface area contributed by atoms with Gasteiger partial charge in [0.15, 0.2) is 6.29 Å². The third-order valence-electron chi connectivity index (χ3n) is 8.68. The lowest BCUT2D eigenvalue weighted by Gasteiger charge is -2.24. The molecular weight excluding hydrogens is 538 g/mol. The van der Waals surface area contributed by atoms with E-state index < -0.39 is 0 Å². The Kier molecular flexibility index (Phi) is 32.2. The number of hydrogen-bond acceptors (Lipinski definition) is 3. The van der Waals surface area contributed by atoms with Gasteiger partial charge in [-0.15, -0.1) is 0 Å². The normalized spacial score (nSPS) is 16.5. The van der Waals surface area contributed by atoms with Crippen molar-refractivity contribution in [2.24, 2.45) is 0 Å². The minimum Gasteiger partial charge on any atom is -0.351 e. The Morgan fingerprint density at radius 3 is 1.27 bits per heavy atom. The fourth-order valence-electron chi connectivity index (χ4n) is 5.80. The Bertz CT molecular complexity index is 626. The van der Waals surface area contributed by atoms with Crippen molar-refractivity contribution in [1.29, 1.82) is 0 Å². The number of unbranched alkanes of at least 4 members (excludes halogenated alkanes) is 18. The van der Waals surface area contributed by atoms with Crippen molar-refractivity contribution < 1.29 is 9.47 Å². The zero-order valence-corrected chi connectivity index (χ0v) is 29.6. The van der Waals surface area contributed by atoms with Gasteiger partial charge < -0.3 is 14.8 Å². The summed E-state index contributed by atoms with van der Waals surface area (Å²) >= 11 is 0. The van der Waals surface area contributed by atoms with Crippen LogP contribution in [0.25, 0.3) is 0 Å². The van der Waals surface area contributed by atoms with Gasteiger partial charge in [0.2, 0.25) is 0 Å². The Balaban J connectivity index is 1.95. The van der Waals surface area contributed by atoms with Gasteiger partial charge in [-0.1, -0.05) is 140 Å². The molecule has 1 saturated heterocycles. The van der Waals surface area contributed by atoms with Crippen molar-refractivity contribution in [2.75, 3.05) is 19.8 Å². The van der Waals surface area contributed by atoms with Gasteiger partial charge in [0.05, 0.1) is 6.04 Å². The molecule has 1 aliphatic rings. The second-order valence-electron chi connectivity index (χ2n) is 13.0. The van der Waals surface area contributed by atoms with Gasteiger partial charge in [-0.2, -0.15) is 0 Å². The maximum absolute atomic E-state index is 6.26. The van der Waals surface area contributed by atoms with Crippen LogP contribution in [0.5, 0.6) is 0 Å². The molecule has 256 valence electrons. The molecule has 0 unspecified atom stereocenters. The molecule has 0 aromatic heterocycles. The van der Waals surface area contributed by atoms with E-state index >= 15 is 0 Å². The Morgan fingerprint density at radius 2 is 0.886 bits per heavy atom. The van der Waals surface area contributed by atoms with E-state index in [4.69, 9.17) is 9.47 Å². The zero-order valence-electron chi connectivity index (χ0n) is 29.6. The molecule has 0 amide bonds. The maximum Gasteiger partial charge on any atom is 0.172 e. The molecule has 0 aromatic rings. The molecule has 0 spiro atoms. The summed E-state index contributed by atoms with van der Waals surface area (Å²) in [6, 6.07) is 0.379. The van der Waals surface area contributed by atoms with E-state index in [1.54, 1.807) is 0 Å². The van der Waals surface area contributed by atoms with Gasteiger partial charge in [0.25, 0.3) is 0 Å². The van der Waals surface area contributed by atoms with Crippen molar-refractivity contribution in [2.45, 2.75) is 193 Å². The largest absolute Gasteiger partial charge is 0.351 e. The number of rotatable bonds is 33. The molecule has 0 saturated carbocycles. The van der Waals surface area contributed by atoms with E-state index in [-0.39, 0.29) is 6.29 Å². The van der Waals surface area contributed by atoms with Gasteiger partial charge in [-0.25, -0.2) is 0 Å². The Labute approximate surface area is 275 Å². The summed E-state index contributed by atoms with van der Waals surface area (Å²) in [5.41, 5.74) is 0. The quantitative estimate of drug-likeness (QED) is 0.0454. The van der Waals surface area contributed by atoms with E-state index in [1.807, 2.05) is 0 Å². The van der Waals surface area contributed by atoms with Crippen LogP contribution >= 0.6 is 0 Å². The maximum atomic E-state index is 6.26. The Morgan fingerprint density at radius 1 is 0.500 bits per heavy atom. The van der Waals surface area contributed by atoms with Gasteiger partial charge in [0.1, 0.15) is 0 Å². The first-order valence-electron chi connectivity index (χ1n) is 19.4. The summed E-state index contributed by atoms with van der Waals surface area (Å²) in [5.74, 6) is 0. The zero-order chi connectivity index (χ0) is 31.4. The first-order chi connectivity index (χ1) is 21.9. The average Bonchev–Trinajstić information content (AvgIpc) is 3.58. The van der Waals surface area contributed by atoms with Crippen molar-refractivity contribution in [3.8, 4) is 0 Å². The topological polar surface area (TPSA) is 30.5 Å². The summed E-state index contributed by atoms with van der Waals surface area (Å²) in [4.78, 5) is 0. The number of nitrogens with one attached hydrogen (secondary N) is 1. The lowest BCUT2D eigenvalue weighted by Crippen LogP contribution is -2.39. The van der Waals surface area contributed by atoms with Gasteiger partial charge in [-0.05, 0) is 96.4 Å². The lowest BCUT2D eigenvalue weighted by molar-refractivity contribution is -0.158. The van der Waals surface area contributed by atoms with E-state index in [0.29, 0.717) is 6.04 Å². The third-order valence-corrected chi connectivity index (χ3v) is 8.68. The van der Waals surface area contributed by atoms with Crippen LogP contribution in [0.4, 0.5) is 0 Å². The van der Waals surface area contributed by atoms with Crippen molar-refractivity contribution in [1.82, 2.24) is 5.32 Å². The highest BCUT2D eigenvalue weighted by Crippen LogP contribution is 2.16. The molecule has 0 aliphatic carbocycles. The standard InChI is InChI=1S/C41H75NO2/c1-3-5-7-9-11-13-15-17-19-21-23-25-27-29-31-33-38-43-41(40-36-35-37-42-40)44-39-34-32-30-28-26-24-22-20-18-16-14-12-10-8-6-4-2/h11-14,17-20,40-42H,3-10,15-16,21-39H2,1-2H3/t40-,41?/m1/s1. The monoisotopic (exact) mass is 614 g/mol. The van der Waals surface area contributed by atoms with Crippen LogP contribution < -0.4 is 5.32 Å². The molecule has 0 aromatic carbocycles. The molecule has 1 rings (SSSR count). The minimum atomic E-state index is -0.0616. The first kappa shape index (κ1) is 40.9. The average molecular weight is 614 g/mol. The highest BCUT2D eigenvalue weighted by Gasteiger charge is 2.25. The second kappa shape index (κ2) is 34.7. The molecule has 1 fully saturated rings. The molecule has 0 radical (unpaired) electrons. The summed E-state index contributed by atoms with van der Waals surface area (Å²) in [5, 5.41) is 3.60. The predicted molar refractivity (Wildman–Crippen MR) is 195 cm³/mol. The van der Waals surface area contributed by atoms with E-state index in [1.165, 1.54) is 141 Å². The smallest absolute Gasteiger partial charge is 0.172 e. The Hall–Kier alpha value is -1.16. The summed E-state index contributed by atoms with van der Waals surface area (Å²) in [6.07, 6.45) is 51.9. The van der Waals surface area contributed by atoms with Crippen LogP contribution in [0.15, 0.2) is 48.6 Å². The van der Waals surface area contributed by atoms with Crippen molar-refractivity contribution >= 4 is 0 Å². The molecule has 1 N–H and O–H groups in total. The van der Waals surface area contributed by atoms with Crippen LogP contribution in [-0.2, 0) is 9.47 Å². The molecule has 3 heteroatoms. The number of ether oxygens (including phenoxy) is 2. The van der Waals surface area contributed by atoms with Gasteiger partial charge in [-0.3, -0.25) is 0 Å². The van der Waals surface area contributed by atoms with E-state index in [9.17, 15) is 0 Å². The molecule has 0 bridgehead atoms. The summed E-state index contributed by atoms with van der Waals surface area (Å²) in [7, 11) is 0. The summed E-state index contributed by atoms with van der Waals surface area (Å²) in [6.45, 7) is 7.30. The number of allylic oxidation sites excluding steroid dienone is 8. The third kappa shape index (κ3) is 28.3. The number of hydrogen-bond donors (Lipinski definition) is 1. The van der Waals surface area contributed by atoms with Gasteiger partial charge >= 0.3 is 0 Å². The minimum absolute atomic E-state index is 0.0616. The van der Waals surface area contributed by atoms with Crippen LogP contribution in [0, 0.1) is 0 Å². The molecular formula is C41H75NO2. The SMILES string of the molecule is CCCCCC=CCC=CCCCCCCCCOC(OCCCCCCCCC=CCC=CCCCCC)[C@H]1CCCN1. The first-order valence-corrected chi connectivity index (χ1v) is 19.4. The van der Waals surface area contributed by atoms with Crippen LogP contribution in [-0.4, -0.2) is 32.1 Å². The molecule has 1 atom stereocenters. The lowest BCUT2D eigenvalue weighted by atomic mass is 10.1. The predicted octanol–water partition coefficient (Wildman–Crippen LogP) is 12.7. The van der Waals surface area contributed by atoms with Crippen molar-refractivity contribution in [3.63, 3.8) is 0 Å². The van der Waals surface area contributed by atoms with E-state index in [2.05, 4.69) is 67.8 Å².